The van der Waals surface area contributed by atoms with E-state index in [1.807, 2.05) is 32.9 Å². The van der Waals surface area contributed by atoms with Gasteiger partial charge in [-0.15, -0.1) is 0 Å². The predicted molar refractivity (Wildman–Crippen MR) is 93.5 cm³/mol. The van der Waals surface area contributed by atoms with Crippen LogP contribution >= 0.6 is 15.9 Å². The molecule has 1 heterocycles. The summed E-state index contributed by atoms with van der Waals surface area (Å²) in [4.78, 5) is 26.9. The van der Waals surface area contributed by atoms with Crippen LogP contribution in [0.2, 0.25) is 0 Å². The van der Waals surface area contributed by atoms with Crippen LogP contribution in [0.25, 0.3) is 0 Å². The van der Waals surface area contributed by atoms with Gasteiger partial charge in [-0.05, 0) is 50.3 Å². The average molecular weight is 382 g/mol. The Hall–Kier alpha value is -1.36. The van der Waals surface area contributed by atoms with E-state index in [9.17, 15) is 9.59 Å². The lowest BCUT2D eigenvalue weighted by Gasteiger charge is -2.42. The summed E-state index contributed by atoms with van der Waals surface area (Å²) in [6.07, 6.45) is 0.0601. The van der Waals surface area contributed by atoms with Crippen LogP contribution in [0.15, 0.2) is 22.7 Å². The number of fused-ring (bicyclic) bond motifs is 1. The molecule has 4 nitrogen and oxygen atoms in total. The third kappa shape index (κ3) is 3.94. The van der Waals surface area contributed by atoms with Gasteiger partial charge in [0.2, 0.25) is 0 Å². The summed E-state index contributed by atoms with van der Waals surface area (Å²) >= 11 is 3.39. The lowest BCUT2D eigenvalue weighted by molar-refractivity contribution is 0.00297. The number of ether oxygens (including phenoxy) is 1. The number of hydrogen-bond donors (Lipinski definition) is 0. The van der Waals surface area contributed by atoms with Crippen molar-refractivity contribution in [2.75, 3.05) is 0 Å². The Bertz CT molecular complexity index is 641. The first-order valence-electron chi connectivity index (χ1n) is 7.75. The highest BCUT2D eigenvalue weighted by Crippen LogP contribution is 2.35. The highest BCUT2D eigenvalue weighted by atomic mass is 79.9. The molecule has 1 aromatic rings. The molecule has 1 atom stereocenters. The van der Waals surface area contributed by atoms with E-state index in [1.54, 1.807) is 26.8 Å². The van der Waals surface area contributed by atoms with Crippen LogP contribution in [0, 0.1) is 5.41 Å². The zero-order chi connectivity index (χ0) is 17.6. The lowest BCUT2D eigenvalue weighted by atomic mass is 9.78. The zero-order valence-corrected chi connectivity index (χ0v) is 16.2. The number of nitrogens with zero attached hydrogens (tertiary/aromatic N) is 1. The number of carbonyl (C=O) groups excluding carboxylic acids is 2. The predicted octanol–water partition coefficient (Wildman–Crippen LogP) is 4.80. The Labute approximate surface area is 146 Å². The zero-order valence-electron chi connectivity index (χ0n) is 14.6. The summed E-state index contributed by atoms with van der Waals surface area (Å²) in [5.41, 5.74) is 0.651. The molecule has 0 saturated carbocycles. The molecule has 0 bridgehead atoms. The average Bonchev–Trinajstić information content (AvgIpc) is 2.35. The number of imide groups is 1. The number of benzene rings is 1. The van der Waals surface area contributed by atoms with Crippen molar-refractivity contribution in [3.05, 3.63) is 33.8 Å². The first-order valence-corrected chi connectivity index (χ1v) is 8.54. The molecule has 23 heavy (non-hydrogen) atoms. The number of carbonyl (C=O) groups is 2. The fraction of sp³-hybridized carbons (Fsp3) is 0.556. The molecule has 1 aromatic carbocycles. The van der Waals surface area contributed by atoms with E-state index in [0.29, 0.717) is 12.0 Å². The maximum atomic E-state index is 13.0. The first-order chi connectivity index (χ1) is 10.4. The molecule has 0 N–H and O–H groups in total. The Morgan fingerprint density at radius 3 is 2.35 bits per heavy atom. The van der Waals surface area contributed by atoms with Gasteiger partial charge in [0.1, 0.15) is 5.60 Å². The molecule has 2 amide bonds. The smallest absolute Gasteiger partial charge is 0.417 e. The van der Waals surface area contributed by atoms with Gasteiger partial charge in [-0.3, -0.25) is 4.79 Å². The molecular weight excluding hydrogens is 358 g/mol. The molecule has 1 aliphatic heterocycles. The summed E-state index contributed by atoms with van der Waals surface area (Å²) in [7, 11) is 0. The van der Waals surface area contributed by atoms with E-state index < -0.39 is 11.7 Å². The number of halogens is 1. The summed E-state index contributed by atoms with van der Waals surface area (Å²) in [5.74, 6) is -0.290. The Morgan fingerprint density at radius 1 is 1.22 bits per heavy atom. The van der Waals surface area contributed by atoms with Gasteiger partial charge in [-0.25, -0.2) is 9.69 Å². The van der Waals surface area contributed by atoms with Crippen molar-refractivity contribution in [1.29, 1.82) is 0 Å². The third-order valence-corrected chi connectivity index (χ3v) is 4.33. The number of rotatable bonds is 0. The molecule has 5 heteroatoms. The van der Waals surface area contributed by atoms with Gasteiger partial charge in [-0.1, -0.05) is 42.8 Å². The Kier molecular flexibility index (Phi) is 4.64. The molecule has 2 rings (SSSR count). The van der Waals surface area contributed by atoms with Crippen molar-refractivity contribution in [2.45, 2.75) is 59.6 Å². The quantitative estimate of drug-likeness (QED) is 0.648. The molecule has 1 aliphatic rings. The van der Waals surface area contributed by atoms with Gasteiger partial charge in [0.05, 0.1) is 6.04 Å². The minimum Gasteiger partial charge on any atom is -0.443 e. The van der Waals surface area contributed by atoms with Crippen LogP contribution in [0.1, 0.15) is 57.5 Å². The molecular formula is C18H24BrNO3. The van der Waals surface area contributed by atoms with Crippen molar-refractivity contribution in [2.24, 2.45) is 5.41 Å². The van der Waals surface area contributed by atoms with E-state index in [4.69, 9.17) is 4.74 Å². The van der Waals surface area contributed by atoms with Crippen molar-refractivity contribution in [1.82, 2.24) is 4.90 Å². The molecule has 0 radical (unpaired) electrons. The van der Waals surface area contributed by atoms with Crippen LogP contribution < -0.4 is 0 Å². The van der Waals surface area contributed by atoms with E-state index in [1.165, 1.54) is 4.90 Å². The second-order valence-electron chi connectivity index (χ2n) is 8.04. The van der Waals surface area contributed by atoms with Crippen molar-refractivity contribution < 1.29 is 14.3 Å². The Morgan fingerprint density at radius 2 is 1.83 bits per heavy atom. The van der Waals surface area contributed by atoms with Crippen LogP contribution in [-0.4, -0.2) is 28.5 Å². The van der Waals surface area contributed by atoms with Gasteiger partial charge < -0.3 is 4.74 Å². The van der Waals surface area contributed by atoms with Gasteiger partial charge in [-0.2, -0.15) is 0 Å². The summed E-state index contributed by atoms with van der Waals surface area (Å²) in [6, 6.07) is 5.41. The van der Waals surface area contributed by atoms with Crippen LogP contribution in [0.4, 0.5) is 4.79 Å². The molecule has 1 unspecified atom stereocenters. The molecule has 0 saturated heterocycles. The van der Waals surface area contributed by atoms with E-state index in [-0.39, 0.29) is 17.4 Å². The topological polar surface area (TPSA) is 46.6 Å². The minimum atomic E-state index is -0.642. The van der Waals surface area contributed by atoms with Crippen molar-refractivity contribution >= 4 is 27.9 Å². The normalized spacial score (nSPS) is 18.7. The third-order valence-electron chi connectivity index (χ3n) is 3.84. The molecule has 0 spiro atoms. The highest BCUT2D eigenvalue weighted by molar-refractivity contribution is 9.10. The minimum absolute atomic E-state index is 0.237. The maximum Gasteiger partial charge on any atom is 0.417 e. The van der Waals surface area contributed by atoms with Crippen LogP contribution in [-0.2, 0) is 11.2 Å². The number of amides is 2. The van der Waals surface area contributed by atoms with Crippen LogP contribution in [0.5, 0.6) is 0 Å². The van der Waals surface area contributed by atoms with Crippen molar-refractivity contribution in [3.8, 4) is 0 Å². The highest BCUT2D eigenvalue weighted by Gasteiger charge is 2.44. The first kappa shape index (κ1) is 18.0. The fourth-order valence-electron chi connectivity index (χ4n) is 2.71. The van der Waals surface area contributed by atoms with Crippen LogP contribution in [0.3, 0.4) is 0 Å². The Balaban J connectivity index is 2.48. The molecule has 0 fully saturated rings. The van der Waals surface area contributed by atoms with Crippen molar-refractivity contribution in [3.63, 3.8) is 0 Å². The van der Waals surface area contributed by atoms with Gasteiger partial charge in [0.25, 0.3) is 5.91 Å². The summed E-state index contributed by atoms with van der Waals surface area (Å²) < 4.78 is 6.29. The number of hydrogen-bond acceptors (Lipinski definition) is 3. The maximum absolute atomic E-state index is 13.0. The SMILES string of the molecule is CC(C)(C)OC(=O)N1C(=O)c2cc(Br)ccc2CC1C(C)(C)C. The monoisotopic (exact) mass is 381 g/mol. The largest absolute Gasteiger partial charge is 0.443 e. The van der Waals surface area contributed by atoms with E-state index in [0.717, 1.165) is 10.0 Å². The van der Waals surface area contributed by atoms with E-state index in [2.05, 4.69) is 15.9 Å². The summed E-state index contributed by atoms with van der Waals surface area (Å²) in [5, 5.41) is 0. The van der Waals surface area contributed by atoms with E-state index >= 15 is 0 Å². The molecule has 0 aromatic heterocycles. The second-order valence-corrected chi connectivity index (χ2v) is 8.96. The fourth-order valence-corrected chi connectivity index (χ4v) is 3.07. The van der Waals surface area contributed by atoms with Gasteiger partial charge >= 0.3 is 6.09 Å². The van der Waals surface area contributed by atoms with Gasteiger partial charge in [0, 0.05) is 10.0 Å². The summed E-state index contributed by atoms with van der Waals surface area (Å²) in [6.45, 7) is 11.5. The van der Waals surface area contributed by atoms with Gasteiger partial charge in [0.15, 0.2) is 0 Å². The standard InChI is InChI=1S/C18H24BrNO3/c1-17(2,3)14-9-11-7-8-12(19)10-13(11)15(21)20(14)16(22)23-18(4,5)6/h7-8,10,14H,9H2,1-6H3. The molecule has 0 aliphatic carbocycles. The lowest BCUT2D eigenvalue weighted by Crippen LogP contribution is -2.55. The molecule has 126 valence electrons. The second kappa shape index (κ2) is 5.93.